The number of methoxy groups -OCH3 is 1. The molecule has 0 atom stereocenters. The molecule has 2 rings (SSSR count). The Bertz CT molecular complexity index is 423. The molecule has 2 aromatic rings. The SMILES string of the molecule is COc1ccc(N)cc1-c1ncc[nH]1. The first kappa shape index (κ1) is 8.62. The fraction of sp³-hybridized carbons (Fsp3) is 0.100. The lowest BCUT2D eigenvalue weighted by Gasteiger charge is -2.06. The molecule has 1 aromatic carbocycles. The molecule has 4 nitrogen and oxygen atoms in total. The van der Waals surface area contributed by atoms with Crippen LogP contribution in [0.25, 0.3) is 11.4 Å². The van der Waals surface area contributed by atoms with Crippen molar-refractivity contribution < 1.29 is 4.74 Å². The van der Waals surface area contributed by atoms with E-state index in [1.54, 1.807) is 25.6 Å². The van der Waals surface area contributed by atoms with Gasteiger partial charge in [-0.25, -0.2) is 4.98 Å². The van der Waals surface area contributed by atoms with E-state index < -0.39 is 0 Å². The van der Waals surface area contributed by atoms with Crippen molar-refractivity contribution in [2.45, 2.75) is 0 Å². The summed E-state index contributed by atoms with van der Waals surface area (Å²) in [7, 11) is 1.62. The van der Waals surface area contributed by atoms with Crippen molar-refractivity contribution in [1.29, 1.82) is 0 Å². The summed E-state index contributed by atoms with van der Waals surface area (Å²) in [5.41, 5.74) is 7.26. The van der Waals surface area contributed by atoms with Crippen LogP contribution < -0.4 is 10.5 Å². The molecule has 0 unspecified atom stereocenters. The van der Waals surface area contributed by atoms with Crippen molar-refractivity contribution >= 4 is 5.69 Å². The van der Waals surface area contributed by atoms with Gasteiger partial charge >= 0.3 is 0 Å². The van der Waals surface area contributed by atoms with Gasteiger partial charge < -0.3 is 15.5 Å². The van der Waals surface area contributed by atoms with Crippen LogP contribution in [-0.4, -0.2) is 17.1 Å². The fourth-order valence-corrected chi connectivity index (χ4v) is 1.32. The summed E-state index contributed by atoms with van der Waals surface area (Å²) in [5.74, 6) is 1.52. The number of nitrogen functional groups attached to an aromatic ring is 1. The number of nitrogens with zero attached hydrogens (tertiary/aromatic N) is 1. The maximum atomic E-state index is 5.69. The van der Waals surface area contributed by atoms with Gasteiger partial charge in [-0.05, 0) is 18.2 Å². The Hall–Kier alpha value is -1.97. The minimum absolute atomic E-state index is 0.692. The molecule has 1 aromatic heterocycles. The standard InChI is InChI=1S/C10H11N3O/c1-14-9-3-2-7(11)6-8(9)10-12-4-5-13-10/h2-6H,11H2,1H3,(H,12,13). The molecule has 0 aliphatic rings. The van der Waals surface area contributed by atoms with Crippen molar-refractivity contribution in [3.8, 4) is 17.1 Å². The van der Waals surface area contributed by atoms with Gasteiger partial charge in [0.2, 0.25) is 0 Å². The van der Waals surface area contributed by atoms with Crippen molar-refractivity contribution in [2.75, 3.05) is 12.8 Å². The van der Waals surface area contributed by atoms with Crippen LogP contribution in [0.4, 0.5) is 5.69 Å². The van der Waals surface area contributed by atoms with Crippen molar-refractivity contribution in [1.82, 2.24) is 9.97 Å². The van der Waals surface area contributed by atoms with E-state index in [0.717, 1.165) is 17.1 Å². The molecule has 0 aliphatic carbocycles. The van der Waals surface area contributed by atoms with Crippen LogP contribution >= 0.6 is 0 Å². The van der Waals surface area contributed by atoms with Crippen LogP contribution in [0.5, 0.6) is 5.75 Å². The number of benzene rings is 1. The van der Waals surface area contributed by atoms with Crippen molar-refractivity contribution in [2.24, 2.45) is 0 Å². The van der Waals surface area contributed by atoms with E-state index in [9.17, 15) is 0 Å². The molecule has 72 valence electrons. The maximum Gasteiger partial charge on any atom is 0.141 e. The Balaban J connectivity index is 2.55. The van der Waals surface area contributed by atoms with Crippen LogP contribution in [0, 0.1) is 0 Å². The first-order valence-corrected chi connectivity index (χ1v) is 4.24. The molecule has 0 saturated carbocycles. The highest BCUT2D eigenvalue weighted by Crippen LogP contribution is 2.28. The van der Waals surface area contributed by atoms with Gasteiger partial charge in [0.25, 0.3) is 0 Å². The summed E-state index contributed by atoms with van der Waals surface area (Å²) in [4.78, 5) is 7.15. The predicted molar refractivity (Wildman–Crippen MR) is 55.0 cm³/mol. The zero-order valence-corrected chi connectivity index (χ0v) is 7.82. The minimum atomic E-state index is 0.692. The summed E-state index contributed by atoms with van der Waals surface area (Å²) in [6.45, 7) is 0. The normalized spacial score (nSPS) is 10.1. The lowest BCUT2D eigenvalue weighted by molar-refractivity contribution is 0.416. The van der Waals surface area contributed by atoms with Crippen LogP contribution in [0.2, 0.25) is 0 Å². The minimum Gasteiger partial charge on any atom is -0.496 e. The molecule has 0 amide bonds. The van der Waals surface area contributed by atoms with E-state index in [-0.39, 0.29) is 0 Å². The van der Waals surface area contributed by atoms with Crippen LogP contribution in [0.1, 0.15) is 0 Å². The molecule has 0 saturated heterocycles. The summed E-state index contributed by atoms with van der Waals surface area (Å²) in [6.07, 6.45) is 3.45. The summed E-state index contributed by atoms with van der Waals surface area (Å²) in [6, 6.07) is 5.45. The van der Waals surface area contributed by atoms with Gasteiger partial charge in [-0.2, -0.15) is 0 Å². The Morgan fingerprint density at radius 1 is 1.43 bits per heavy atom. The zero-order valence-electron chi connectivity index (χ0n) is 7.82. The Labute approximate surface area is 81.7 Å². The topological polar surface area (TPSA) is 63.9 Å². The first-order chi connectivity index (χ1) is 6.81. The first-order valence-electron chi connectivity index (χ1n) is 4.24. The van der Waals surface area contributed by atoms with Gasteiger partial charge in [-0.3, -0.25) is 0 Å². The largest absolute Gasteiger partial charge is 0.496 e. The molecule has 0 spiro atoms. The van der Waals surface area contributed by atoms with Gasteiger partial charge in [0.05, 0.1) is 12.7 Å². The van der Waals surface area contributed by atoms with Crippen LogP contribution in [0.15, 0.2) is 30.6 Å². The quantitative estimate of drug-likeness (QED) is 0.706. The number of hydrogen-bond donors (Lipinski definition) is 2. The number of aromatic amines is 1. The summed E-state index contributed by atoms with van der Waals surface area (Å²) >= 11 is 0. The van der Waals surface area contributed by atoms with Gasteiger partial charge in [0.15, 0.2) is 0 Å². The number of rotatable bonds is 2. The molecule has 14 heavy (non-hydrogen) atoms. The lowest BCUT2D eigenvalue weighted by Crippen LogP contribution is -1.92. The molecule has 0 fully saturated rings. The average Bonchev–Trinajstić information content (AvgIpc) is 2.70. The van der Waals surface area contributed by atoms with Crippen LogP contribution in [-0.2, 0) is 0 Å². The van der Waals surface area contributed by atoms with Crippen molar-refractivity contribution in [3.63, 3.8) is 0 Å². The average molecular weight is 189 g/mol. The molecule has 0 bridgehead atoms. The second kappa shape index (κ2) is 3.41. The molecular formula is C10H11N3O. The van der Waals surface area contributed by atoms with E-state index >= 15 is 0 Å². The third-order valence-electron chi connectivity index (χ3n) is 1.98. The Morgan fingerprint density at radius 2 is 2.29 bits per heavy atom. The summed E-state index contributed by atoms with van der Waals surface area (Å²) in [5, 5.41) is 0. The second-order valence-electron chi connectivity index (χ2n) is 2.90. The Kier molecular flexibility index (Phi) is 2.10. The van der Waals surface area contributed by atoms with E-state index in [2.05, 4.69) is 9.97 Å². The lowest BCUT2D eigenvalue weighted by atomic mass is 10.1. The second-order valence-corrected chi connectivity index (χ2v) is 2.90. The summed E-state index contributed by atoms with van der Waals surface area (Å²) < 4.78 is 5.21. The van der Waals surface area contributed by atoms with Gasteiger partial charge in [0.1, 0.15) is 11.6 Å². The number of imidazole rings is 1. The molecular weight excluding hydrogens is 178 g/mol. The number of nitrogens with one attached hydrogen (secondary N) is 1. The van der Waals surface area contributed by atoms with Crippen molar-refractivity contribution in [3.05, 3.63) is 30.6 Å². The van der Waals surface area contributed by atoms with Gasteiger partial charge in [-0.1, -0.05) is 0 Å². The monoisotopic (exact) mass is 189 g/mol. The number of aromatic nitrogens is 2. The van der Waals surface area contributed by atoms with E-state index in [1.165, 1.54) is 0 Å². The zero-order chi connectivity index (χ0) is 9.97. The fourth-order valence-electron chi connectivity index (χ4n) is 1.32. The molecule has 1 heterocycles. The molecule has 4 heteroatoms. The van der Waals surface area contributed by atoms with E-state index in [1.807, 2.05) is 12.1 Å². The number of H-pyrrole nitrogens is 1. The Morgan fingerprint density at radius 3 is 2.93 bits per heavy atom. The number of ether oxygens (including phenoxy) is 1. The predicted octanol–water partition coefficient (Wildman–Crippen LogP) is 1.67. The highest BCUT2D eigenvalue weighted by Gasteiger charge is 2.07. The number of anilines is 1. The van der Waals surface area contributed by atoms with Crippen LogP contribution in [0.3, 0.4) is 0 Å². The smallest absolute Gasteiger partial charge is 0.141 e. The molecule has 0 aliphatic heterocycles. The van der Waals surface area contributed by atoms with Gasteiger partial charge in [-0.15, -0.1) is 0 Å². The number of nitrogens with two attached hydrogens (primary N) is 1. The van der Waals surface area contributed by atoms with E-state index in [4.69, 9.17) is 10.5 Å². The molecule has 0 radical (unpaired) electrons. The van der Waals surface area contributed by atoms with E-state index in [0.29, 0.717) is 5.69 Å². The maximum absolute atomic E-state index is 5.69. The molecule has 3 N–H and O–H groups in total. The highest BCUT2D eigenvalue weighted by molar-refractivity contribution is 5.68. The number of hydrogen-bond acceptors (Lipinski definition) is 3. The third kappa shape index (κ3) is 1.42. The highest BCUT2D eigenvalue weighted by atomic mass is 16.5. The van der Waals surface area contributed by atoms with Gasteiger partial charge in [0, 0.05) is 18.1 Å². The third-order valence-corrected chi connectivity index (χ3v) is 1.98.